The number of anilines is 1. The molecule has 1 aromatic carbocycles. The summed E-state index contributed by atoms with van der Waals surface area (Å²) in [5.74, 6) is 1.17. The van der Waals surface area contributed by atoms with E-state index in [2.05, 4.69) is 20.8 Å². The van der Waals surface area contributed by atoms with Crippen molar-refractivity contribution < 1.29 is 9.53 Å². The molecule has 1 aliphatic rings. The third kappa shape index (κ3) is 3.43. The molecule has 2 unspecified atom stereocenters. The van der Waals surface area contributed by atoms with Crippen LogP contribution in [0.5, 0.6) is 5.75 Å². The average Bonchev–Trinajstić information content (AvgIpc) is 2.50. The summed E-state index contributed by atoms with van der Waals surface area (Å²) in [7, 11) is 0. The van der Waals surface area contributed by atoms with Gasteiger partial charge in [0, 0.05) is 12.6 Å². The van der Waals surface area contributed by atoms with Gasteiger partial charge in [0.2, 0.25) is 0 Å². The molecule has 4 nitrogen and oxygen atoms in total. The van der Waals surface area contributed by atoms with Crippen LogP contribution in [0.4, 0.5) is 5.69 Å². The molecule has 0 saturated carbocycles. The minimum atomic E-state index is -0.418. The quantitative estimate of drug-likeness (QED) is 0.816. The number of nitrogens with two attached hydrogens (primary N) is 1. The van der Waals surface area contributed by atoms with E-state index in [4.69, 9.17) is 10.5 Å². The van der Waals surface area contributed by atoms with Crippen LogP contribution in [-0.2, 0) is 4.79 Å². The van der Waals surface area contributed by atoms with Crippen molar-refractivity contribution in [1.82, 2.24) is 0 Å². The summed E-state index contributed by atoms with van der Waals surface area (Å²) in [6.45, 7) is 8.93. The van der Waals surface area contributed by atoms with Gasteiger partial charge in [-0.1, -0.05) is 39.7 Å². The zero-order chi connectivity index (χ0) is 16.3. The molecule has 4 heteroatoms. The Labute approximate surface area is 133 Å². The molecule has 1 amide bonds. The van der Waals surface area contributed by atoms with E-state index in [1.807, 2.05) is 30.0 Å². The number of hydrogen-bond acceptors (Lipinski definition) is 3. The molecule has 0 aromatic heterocycles. The SMILES string of the molecule is CCCCCN1C(=O)C(C)Oc2ccc(C(N)C(C)C)cc21. The van der Waals surface area contributed by atoms with Gasteiger partial charge in [-0.2, -0.15) is 0 Å². The first kappa shape index (κ1) is 16.8. The van der Waals surface area contributed by atoms with Crippen molar-refractivity contribution in [3.8, 4) is 5.75 Å². The average molecular weight is 304 g/mol. The maximum Gasteiger partial charge on any atom is 0.267 e. The van der Waals surface area contributed by atoms with Crippen LogP contribution in [0.25, 0.3) is 0 Å². The molecule has 122 valence electrons. The molecule has 2 atom stereocenters. The number of fused-ring (bicyclic) bond motifs is 1. The molecule has 0 aliphatic carbocycles. The zero-order valence-corrected chi connectivity index (χ0v) is 14.1. The minimum Gasteiger partial charge on any atom is -0.479 e. The summed E-state index contributed by atoms with van der Waals surface area (Å²) in [4.78, 5) is 14.3. The van der Waals surface area contributed by atoms with Gasteiger partial charge < -0.3 is 15.4 Å². The number of carbonyl (C=O) groups is 1. The van der Waals surface area contributed by atoms with E-state index in [1.165, 1.54) is 0 Å². The van der Waals surface area contributed by atoms with E-state index in [1.54, 1.807) is 0 Å². The number of carbonyl (C=O) groups excluding carboxylic acids is 1. The minimum absolute atomic E-state index is 0.0303. The van der Waals surface area contributed by atoms with E-state index in [0.717, 1.165) is 42.8 Å². The highest BCUT2D eigenvalue weighted by molar-refractivity contribution is 5.99. The monoisotopic (exact) mass is 304 g/mol. The molecule has 0 fully saturated rings. The maximum absolute atomic E-state index is 12.5. The van der Waals surface area contributed by atoms with Crippen LogP contribution in [0.2, 0.25) is 0 Å². The van der Waals surface area contributed by atoms with Crippen LogP contribution >= 0.6 is 0 Å². The van der Waals surface area contributed by atoms with Crippen molar-refractivity contribution in [1.29, 1.82) is 0 Å². The van der Waals surface area contributed by atoms with Gasteiger partial charge in [-0.25, -0.2) is 0 Å². The van der Waals surface area contributed by atoms with Crippen molar-refractivity contribution >= 4 is 11.6 Å². The number of nitrogens with zero attached hydrogens (tertiary/aromatic N) is 1. The van der Waals surface area contributed by atoms with E-state index in [0.29, 0.717) is 5.92 Å². The molecule has 0 radical (unpaired) electrons. The Morgan fingerprint density at radius 2 is 2.05 bits per heavy atom. The second kappa shape index (κ2) is 7.14. The second-order valence-corrected chi connectivity index (χ2v) is 6.45. The number of benzene rings is 1. The lowest BCUT2D eigenvalue weighted by molar-refractivity contribution is -0.125. The van der Waals surface area contributed by atoms with Crippen molar-refractivity contribution in [2.45, 2.75) is 59.1 Å². The fourth-order valence-electron chi connectivity index (χ4n) is 2.77. The summed E-state index contributed by atoms with van der Waals surface area (Å²) in [6, 6.07) is 5.95. The Bertz CT molecular complexity index is 528. The predicted molar refractivity (Wildman–Crippen MR) is 90.2 cm³/mol. The Kier molecular flexibility index (Phi) is 5.46. The van der Waals surface area contributed by atoms with Gasteiger partial charge in [0.15, 0.2) is 6.10 Å². The van der Waals surface area contributed by atoms with Crippen molar-refractivity contribution in [3.63, 3.8) is 0 Å². The van der Waals surface area contributed by atoms with Gasteiger partial charge in [-0.05, 0) is 37.0 Å². The van der Waals surface area contributed by atoms with Gasteiger partial charge >= 0.3 is 0 Å². The van der Waals surface area contributed by atoms with Crippen LogP contribution in [0, 0.1) is 5.92 Å². The predicted octanol–water partition coefficient (Wildman–Crippen LogP) is 3.65. The molecule has 1 aliphatic heterocycles. The van der Waals surface area contributed by atoms with Crippen LogP contribution in [0.3, 0.4) is 0 Å². The van der Waals surface area contributed by atoms with Gasteiger partial charge in [0.05, 0.1) is 5.69 Å². The van der Waals surface area contributed by atoms with E-state index in [-0.39, 0.29) is 11.9 Å². The first-order chi connectivity index (χ1) is 10.5. The smallest absolute Gasteiger partial charge is 0.267 e. The number of ether oxygens (including phenoxy) is 1. The second-order valence-electron chi connectivity index (χ2n) is 6.45. The lowest BCUT2D eigenvalue weighted by Crippen LogP contribution is -2.45. The molecule has 1 heterocycles. The highest BCUT2D eigenvalue weighted by atomic mass is 16.5. The molecule has 2 N–H and O–H groups in total. The molecule has 0 spiro atoms. The molecule has 2 rings (SSSR count). The molecule has 0 saturated heterocycles. The maximum atomic E-state index is 12.5. The molecule has 0 bridgehead atoms. The van der Waals surface area contributed by atoms with Gasteiger partial charge in [0.25, 0.3) is 5.91 Å². The number of hydrogen-bond donors (Lipinski definition) is 1. The molecular formula is C18H28N2O2. The number of amides is 1. The standard InChI is InChI=1S/C18H28N2O2/c1-5-6-7-10-20-15-11-14(17(19)12(2)3)8-9-16(15)22-13(4)18(20)21/h8-9,11-13,17H,5-7,10,19H2,1-4H3. The number of rotatable bonds is 6. The Morgan fingerprint density at radius 3 is 2.68 bits per heavy atom. The Hall–Kier alpha value is -1.55. The Morgan fingerprint density at radius 1 is 1.32 bits per heavy atom. The van der Waals surface area contributed by atoms with Gasteiger partial charge in [-0.15, -0.1) is 0 Å². The van der Waals surface area contributed by atoms with Crippen LogP contribution in [0.1, 0.15) is 58.6 Å². The highest BCUT2D eigenvalue weighted by Crippen LogP contribution is 2.37. The summed E-state index contributed by atoms with van der Waals surface area (Å²) >= 11 is 0. The number of unbranched alkanes of at least 4 members (excludes halogenated alkanes) is 2. The van der Waals surface area contributed by atoms with Gasteiger partial charge in [0.1, 0.15) is 5.75 Å². The van der Waals surface area contributed by atoms with E-state index in [9.17, 15) is 4.79 Å². The lowest BCUT2D eigenvalue weighted by atomic mass is 9.96. The molecular weight excluding hydrogens is 276 g/mol. The lowest BCUT2D eigenvalue weighted by Gasteiger charge is -2.34. The molecule has 1 aromatic rings. The van der Waals surface area contributed by atoms with Crippen molar-refractivity contribution in [2.24, 2.45) is 11.7 Å². The van der Waals surface area contributed by atoms with Crippen LogP contribution < -0.4 is 15.4 Å². The zero-order valence-electron chi connectivity index (χ0n) is 14.1. The van der Waals surface area contributed by atoms with Gasteiger partial charge in [-0.3, -0.25) is 4.79 Å². The summed E-state index contributed by atoms with van der Waals surface area (Å²) < 4.78 is 5.74. The first-order valence-electron chi connectivity index (χ1n) is 8.33. The summed E-state index contributed by atoms with van der Waals surface area (Å²) in [5.41, 5.74) is 8.18. The third-order valence-electron chi connectivity index (χ3n) is 4.28. The topological polar surface area (TPSA) is 55.6 Å². The third-order valence-corrected chi connectivity index (χ3v) is 4.28. The van der Waals surface area contributed by atoms with Crippen molar-refractivity contribution in [2.75, 3.05) is 11.4 Å². The highest BCUT2D eigenvalue weighted by Gasteiger charge is 2.31. The molecule has 22 heavy (non-hydrogen) atoms. The normalized spacial score (nSPS) is 19.1. The van der Waals surface area contributed by atoms with Crippen LogP contribution in [-0.4, -0.2) is 18.6 Å². The van der Waals surface area contributed by atoms with Crippen LogP contribution in [0.15, 0.2) is 18.2 Å². The fourth-order valence-corrected chi connectivity index (χ4v) is 2.77. The summed E-state index contributed by atoms with van der Waals surface area (Å²) in [6.07, 6.45) is 2.85. The largest absolute Gasteiger partial charge is 0.479 e. The van der Waals surface area contributed by atoms with E-state index >= 15 is 0 Å². The first-order valence-corrected chi connectivity index (χ1v) is 8.33. The summed E-state index contributed by atoms with van der Waals surface area (Å²) in [5, 5.41) is 0. The Balaban J connectivity index is 2.32. The van der Waals surface area contributed by atoms with Crippen molar-refractivity contribution in [3.05, 3.63) is 23.8 Å². The fraction of sp³-hybridized carbons (Fsp3) is 0.611. The van der Waals surface area contributed by atoms with E-state index < -0.39 is 6.10 Å².